The van der Waals surface area contributed by atoms with Crippen LogP contribution >= 0.6 is 0 Å². The first-order valence-corrected chi connectivity index (χ1v) is 7.28. The van der Waals surface area contributed by atoms with Crippen LogP contribution in [0.4, 0.5) is 0 Å². The second-order valence-electron chi connectivity index (χ2n) is 4.83. The van der Waals surface area contributed by atoms with E-state index in [0.29, 0.717) is 11.8 Å². The Morgan fingerprint density at radius 1 is 0.619 bits per heavy atom. The van der Waals surface area contributed by atoms with E-state index in [1.807, 2.05) is 0 Å². The molecule has 0 aromatic heterocycles. The standard InChI is InChI=1S/2C8H17.3O.2Ti/c2*1-4-6-7-8(3)5-2;;;;;/h2*8H,3-7H2,1-2H3;;;;;/q2*-1;3*-2;2*+4. The van der Waals surface area contributed by atoms with Crippen LogP contribution in [0.25, 0.3) is 0 Å². The molecule has 21 heavy (non-hydrogen) atoms. The van der Waals surface area contributed by atoms with E-state index in [1.165, 1.54) is 51.4 Å². The maximum atomic E-state index is 3.99. The Morgan fingerprint density at radius 2 is 0.857 bits per heavy atom. The Balaban J connectivity index is -0.0000000302. The third-order valence-electron chi connectivity index (χ3n) is 3.09. The van der Waals surface area contributed by atoms with E-state index >= 15 is 0 Å². The first kappa shape index (κ1) is 43.2. The predicted molar refractivity (Wildman–Crippen MR) is 79.4 cm³/mol. The van der Waals surface area contributed by atoms with E-state index in [-0.39, 0.29) is 59.9 Å². The number of hydrogen-bond acceptors (Lipinski definition) is 0. The molecule has 0 saturated heterocycles. The fraction of sp³-hybridized carbons (Fsp3) is 0.875. The van der Waals surface area contributed by atoms with Gasteiger partial charge in [-0.3, -0.25) is 0 Å². The summed E-state index contributed by atoms with van der Waals surface area (Å²) in [6, 6.07) is 0. The Morgan fingerprint density at radius 3 is 1.00 bits per heavy atom. The van der Waals surface area contributed by atoms with Crippen molar-refractivity contribution in [3.63, 3.8) is 0 Å². The largest absolute Gasteiger partial charge is 4.00 e. The van der Waals surface area contributed by atoms with E-state index in [1.54, 1.807) is 0 Å². The zero-order valence-corrected chi connectivity index (χ0v) is 17.6. The molecule has 124 valence electrons. The van der Waals surface area contributed by atoms with Gasteiger partial charge in [0.05, 0.1) is 0 Å². The van der Waals surface area contributed by atoms with Crippen molar-refractivity contribution in [3.8, 4) is 0 Å². The molecule has 3 nitrogen and oxygen atoms in total. The average molecular weight is 370 g/mol. The summed E-state index contributed by atoms with van der Waals surface area (Å²) in [4.78, 5) is 0. The zero-order chi connectivity index (χ0) is 12.8. The minimum Gasteiger partial charge on any atom is -2.00 e. The summed E-state index contributed by atoms with van der Waals surface area (Å²) in [6.07, 6.45) is 10.4. The molecule has 0 N–H and O–H groups in total. The summed E-state index contributed by atoms with van der Waals surface area (Å²) in [5.41, 5.74) is 0. The molecule has 5 heteroatoms. The molecular weight excluding hydrogens is 336 g/mol. The zero-order valence-electron chi connectivity index (χ0n) is 14.5. The summed E-state index contributed by atoms with van der Waals surface area (Å²) in [5, 5.41) is 0. The van der Waals surface area contributed by atoms with Gasteiger partial charge in [0, 0.05) is 0 Å². The first-order valence-electron chi connectivity index (χ1n) is 7.28. The molecule has 2 unspecified atom stereocenters. The van der Waals surface area contributed by atoms with Gasteiger partial charge < -0.3 is 30.3 Å². The van der Waals surface area contributed by atoms with Crippen molar-refractivity contribution in [1.82, 2.24) is 0 Å². The normalized spacial score (nSPS) is 10.6. The first-order chi connectivity index (χ1) is 7.62. The summed E-state index contributed by atoms with van der Waals surface area (Å²) in [6.45, 7) is 16.8. The molecule has 0 aliphatic rings. The van der Waals surface area contributed by atoms with E-state index in [2.05, 4.69) is 41.5 Å². The van der Waals surface area contributed by atoms with Crippen LogP contribution in [0.3, 0.4) is 0 Å². The minimum atomic E-state index is 0. The fourth-order valence-electron chi connectivity index (χ4n) is 1.39. The summed E-state index contributed by atoms with van der Waals surface area (Å²) >= 11 is 0. The van der Waals surface area contributed by atoms with Gasteiger partial charge in [0.25, 0.3) is 0 Å². The maximum Gasteiger partial charge on any atom is 4.00 e. The Labute approximate surface area is 164 Å². The number of hydrogen-bond donors (Lipinski definition) is 0. The number of rotatable bonds is 8. The topological polar surface area (TPSA) is 85.5 Å². The molecule has 0 aliphatic carbocycles. The molecule has 0 saturated carbocycles. The van der Waals surface area contributed by atoms with Gasteiger partial charge in [0.15, 0.2) is 0 Å². The summed E-state index contributed by atoms with van der Waals surface area (Å²) in [7, 11) is 0. The summed E-state index contributed by atoms with van der Waals surface area (Å²) in [5.74, 6) is 1.41. The van der Waals surface area contributed by atoms with Gasteiger partial charge >= 0.3 is 43.4 Å². The minimum absolute atomic E-state index is 0. The van der Waals surface area contributed by atoms with Crippen LogP contribution in [0.1, 0.15) is 79.1 Å². The predicted octanol–water partition coefficient (Wildman–Crippen LogP) is 5.71. The van der Waals surface area contributed by atoms with Crippen LogP contribution in [0.2, 0.25) is 0 Å². The van der Waals surface area contributed by atoms with Gasteiger partial charge in [-0.15, -0.1) is 0 Å². The monoisotopic (exact) mass is 370 g/mol. The van der Waals surface area contributed by atoms with E-state index < -0.39 is 0 Å². The van der Waals surface area contributed by atoms with Crippen LogP contribution in [0, 0.1) is 25.7 Å². The van der Waals surface area contributed by atoms with Crippen molar-refractivity contribution in [3.05, 3.63) is 13.8 Å². The Bertz CT molecular complexity index is 114. The van der Waals surface area contributed by atoms with Gasteiger partial charge in [0.1, 0.15) is 0 Å². The molecule has 0 aromatic carbocycles. The van der Waals surface area contributed by atoms with Crippen molar-refractivity contribution >= 4 is 0 Å². The molecule has 0 spiro atoms. The van der Waals surface area contributed by atoms with Crippen molar-refractivity contribution in [2.75, 3.05) is 0 Å². The van der Waals surface area contributed by atoms with E-state index in [9.17, 15) is 0 Å². The SMILES string of the molecule is [CH2-]C(CC)CCCC.[CH2-]C(CC)CCCC.[O-2].[O-2].[O-2].[Ti+4].[Ti+4]. The second-order valence-corrected chi connectivity index (χ2v) is 4.83. The average Bonchev–Trinajstić information content (AvgIpc) is 2.33. The van der Waals surface area contributed by atoms with Crippen LogP contribution in [0.5, 0.6) is 0 Å². The van der Waals surface area contributed by atoms with Crippen molar-refractivity contribution in [2.24, 2.45) is 11.8 Å². The Kier molecular flexibility index (Phi) is 77.2. The van der Waals surface area contributed by atoms with E-state index in [0.717, 1.165) is 0 Å². The molecule has 0 aliphatic heterocycles. The molecule has 0 aromatic rings. The molecule has 0 fully saturated rings. The third-order valence-corrected chi connectivity index (χ3v) is 3.09. The van der Waals surface area contributed by atoms with Crippen LogP contribution in [-0.4, -0.2) is 0 Å². The van der Waals surface area contributed by atoms with Crippen molar-refractivity contribution < 1.29 is 59.9 Å². The number of unbranched alkanes of at least 4 members (excludes halogenated alkanes) is 2. The van der Waals surface area contributed by atoms with Crippen LogP contribution < -0.4 is 0 Å². The molecule has 2 atom stereocenters. The Hall–Kier alpha value is 1.31. The van der Waals surface area contributed by atoms with Crippen molar-refractivity contribution in [2.45, 2.75) is 79.1 Å². The fourth-order valence-corrected chi connectivity index (χ4v) is 1.39. The molecule has 0 heterocycles. The van der Waals surface area contributed by atoms with Gasteiger partial charge in [-0.2, -0.15) is 11.8 Å². The van der Waals surface area contributed by atoms with E-state index in [4.69, 9.17) is 0 Å². The summed E-state index contributed by atoms with van der Waals surface area (Å²) < 4.78 is 0. The van der Waals surface area contributed by atoms with Gasteiger partial charge in [0.2, 0.25) is 0 Å². The molecular formula is C16H34O3Ti2. The van der Waals surface area contributed by atoms with Gasteiger partial charge in [-0.25, -0.2) is 0 Å². The molecule has 0 amide bonds. The third kappa shape index (κ3) is 44.9. The van der Waals surface area contributed by atoms with Gasteiger partial charge in [-0.05, 0) is 0 Å². The maximum absolute atomic E-state index is 3.99. The quantitative estimate of drug-likeness (QED) is 0.387. The van der Waals surface area contributed by atoms with Crippen molar-refractivity contribution in [1.29, 1.82) is 0 Å². The van der Waals surface area contributed by atoms with Gasteiger partial charge in [-0.1, -0.05) is 79.1 Å². The molecule has 0 rings (SSSR count). The molecule has 0 bridgehead atoms. The smallest absolute Gasteiger partial charge is 2.00 e. The second kappa shape index (κ2) is 37.5. The van der Waals surface area contributed by atoms with Crippen LogP contribution in [-0.2, 0) is 59.9 Å². The van der Waals surface area contributed by atoms with Crippen LogP contribution in [0.15, 0.2) is 0 Å². The molecule has 0 radical (unpaired) electrons.